The Bertz CT molecular complexity index is 356. The standard InChI is InChI=1S/C19H36O3/c1-9-11-16(10-2)14-22-18(5,6)12-13-21-19(7,8)17(20)15(3)4/h16H,3,9-14H2,1-2,4-8H3. The Balaban J connectivity index is 4.27. The SMILES string of the molecule is C=C(C)C(=O)C(C)(C)OCCC(C)(C)OCC(CC)CCC. The second-order valence-corrected chi connectivity index (χ2v) is 7.35. The molecule has 0 radical (unpaired) electrons. The Kier molecular flexibility index (Phi) is 9.18. The van der Waals surface area contributed by atoms with Crippen molar-refractivity contribution >= 4 is 5.78 Å². The summed E-state index contributed by atoms with van der Waals surface area (Å²) in [5.74, 6) is 0.590. The van der Waals surface area contributed by atoms with E-state index in [1.54, 1.807) is 20.8 Å². The molecule has 1 unspecified atom stereocenters. The van der Waals surface area contributed by atoms with Gasteiger partial charge in [0.05, 0.1) is 18.8 Å². The van der Waals surface area contributed by atoms with Crippen molar-refractivity contribution in [3.05, 3.63) is 12.2 Å². The summed E-state index contributed by atoms with van der Waals surface area (Å²) in [5.41, 5.74) is -0.509. The van der Waals surface area contributed by atoms with Crippen LogP contribution in [0.25, 0.3) is 0 Å². The van der Waals surface area contributed by atoms with Crippen LogP contribution < -0.4 is 0 Å². The van der Waals surface area contributed by atoms with Crippen LogP contribution in [-0.2, 0) is 14.3 Å². The van der Waals surface area contributed by atoms with E-state index < -0.39 is 5.60 Å². The Morgan fingerprint density at radius 1 is 1.14 bits per heavy atom. The fraction of sp³-hybridized carbons (Fsp3) is 0.842. The van der Waals surface area contributed by atoms with Crippen molar-refractivity contribution in [2.45, 2.75) is 85.4 Å². The molecule has 0 heterocycles. The molecule has 22 heavy (non-hydrogen) atoms. The van der Waals surface area contributed by atoms with Crippen LogP contribution in [0.4, 0.5) is 0 Å². The minimum atomic E-state index is -0.809. The van der Waals surface area contributed by atoms with Crippen LogP contribution >= 0.6 is 0 Å². The van der Waals surface area contributed by atoms with E-state index in [4.69, 9.17) is 9.47 Å². The van der Waals surface area contributed by atoms with E-state index in [1.807, 2.05) is 0 Å². The van der Waals surface area contributed by atoms with Crippen molar-refractivity contribution < 1.29 is 14.3 Å². The van der Waals surface area contributed by atoms with Gasteiger partial charge in [-0.05, 0) is 59.0 Å². The van der Waals surface area contributed by atoms with E-state index >= 15 is 0 Å². The molecule has 0 rings (SSSR count). The number of hydrogen-bond acceptors (Lipinski definition) is 3. The second kappa shape index (κ2) is 9.46. The Hall–Kier alpha value is -0.670. The van der Waals surface area contributed by atoms with E-state index in [-0.39, 0.29) is 11.4 Å². The van der Waals surface area contributed by atoms with Gasteiger partial charge in [-0.2, -0.15) is 0 Å². The van der Waals surface area contributed by atoms with Crippen molar-refractivity contribution in [1.82, 2.24) is 0 Å². The second-order valence-electron chi connectivity index (χ2n) is 7.35. The molecule has 0 fully saturated rings. The molecule has 0 amide bonds. The molecule has 130 valence electrons. The van der Waals surface area contributed by atoms with Gasteiger partial charge >= 0.3 is 0 Å². The van der Waals surface area contributed by atoms with Gasteiger partial charge in [-0.3, -0.25) is 4.79 Å². The van der Waals surface area contributed by atoms with Crippen molar-refractivity contribution in [3.8, 4) is 0 Å². The first-order valence-electron chi connectivity index (χ1n) is 8.54. The lowest BCUT2D eigenvalue weighted by atomic mass is 9.98. The highest BCUT2D eigenvalue weighted by Crippen LogP contribution is 2.22. The van der Waals surface area contributed by atoms with Crippen molar-refractivity contribution in [1.29, 1.82) is 0 Å². The molecule has 0 N–H and O–H groups in total. The molecule has 3 nitrogen and oxygen atoms in total. The van der Waals surface area contributed by atoms with Crippen molar-refractivity contribution in [2.24, 2.45) is 5.92 Å². The van der Waals surface area contributed by atoms with E-state index in [0.29, 0.717) is 18.1 Å². The van der Waals surface area contributed by atoms with Crippen LogP contribution in [0.15, 0.2) is 12.2 Å². The first-order valence-corrected chi connectivity index (χ1v) is 8.54. The molecule has 0 aliphatic heterocycles. The highest BCUT2D eigenvalue weighted by molar-refractivity contribution is 6.00. The lowest BCUT2D eigenvalue weighted by Crippen LogP contribution is -2.37. The molecule has 0 aromatic rings. The normalized spacial score (nSPS) is 14.0. The zero-order valence-electron chi connectivity index (χ0n) is 15.8. The average molecular weight is 312 g/mol. The molecule has 1 atom stereocenters. The third-order valence-electron chi connectivity index (χ3n) is 4.09. The topological polar surface area (TPSA) is 35.5 Å². The summed E-state index contributed by atoms with van der Waals surface area (Å²) in [6.07, 6.45) is 4.33. The van der Waals surface area contributed by atoms with Gasteiger partial charge < -0.3 is 9.47 Å². The lowest BCUT2D eigenvalue weighted by molar-refractivity contribution is -0.139. The maximum absolute atomic E-state index is 12.0. The summed E-state index contributed by atoms with van der Waals surface area (Å²) in [7, 11) is 0. The highest BCUT2D eigenvalue weighted by Gasteiger charge is 2.30. The molecule has 0 saturated carbocycles. The molecule has 3 heteroatoms. The summed E-state index contributed by atoms with van der Waals surface area (Å²) in [6, 6.07) is 0. The molecule has 0 aromatic heterocycles. The van der Waals surface area contributed by atoms with E-state index in [0.717, 1.165) is 19.4 Å². The minimum Gasteiger partial charge on any atom is -0.375 e. The minimum absolute atomic E-state index is 0.0415. The van der Waals surface area contributed by atoms with Crippen LogP contribution in [0.3, 0.4) is 0 Å². The zero-order valence-corrected chi connectivity index (χ0v) is 15.8. The maximum atomic E-state index is 12.0. The summed E-state index contributed by atoms with van der Waals surface area (Å²) < 4.78 is 11.9. The van der Waals surface area contributed by atoms with Gasteiger partial charge in [0.2, 0.25) is 0 Å². The van der Waals surface area contributed by atoms with E-state index in [1.165, 1.54) is 12.8 Å². The van der Waals surface area contributed by atoms with Gasteiger partial charge in [-0.15, -0.1) is 0 Å². The largest absolute Gasteiger partial charge is 0.375 e. The maximum Gasteiger partial charge on any atom is 0.189 e. The number of rotatable bonds is 12. The number of carbonyl (C=O) groups is 1. The third kappa shape index (κ3) is 8.09. The molecule has 0 aliphatic carbocycles. The van der Waals surface area contributed by atoms with Gasteiger partial charge in [-0.1, -0.05) is 33.3 Å². The Labute approximate surface area is 137 Å². The first-order chi connectivity index (χ1) is 10.1. The fourth-order valence-corrected chi connectivity index (χ4v) is 2.36. The molecule has 0 saturated heterocycles. The predicted octanol–water partition coefficient (Wildman–Crippen LogP) is 4.94. The van der Waals surface area contributed by atoms with Gasteiger partial charge in [0.1, 0.15) is 5.60 Å². The van der Waals surface area contributed by atoms with Crippen LogP contribution in [0.5, 0.6) is 0 Å². The van der Waals surface area contributed by atoms with Crippen molar-refractivity contribution in [3.63, 3.8) is 0 Å². The van der Waals surface area contributed by atoms with Crippen LogP contribution in [0, 0.1) is 5.92 Å². The molecule has 0 aromatic carbocycles. The number of ketones is 1. The fourth-order valence-electron chi connectivity index (χ4n) is 2.36. The summed E-state index contributed by atoms with van der Waals surface area (Å²) >= 11 is 0. The summed E-state index contributed by atoms with van der Waals surface area (Å²) in [4.78, 5) is 12.0. The smallest absolute Gasteiger partial charge is 0.189 e. The molecular formula is C19H36O3. The highest BCUT2D eigenvalue weighted by atomic mass is 16.5. The molecule has 0 spiro atoms. The molecule has 0 bridgehead atoms. The zero-order chi connectivity index (χ0) is 17.4. The van der Waals surface area contributed by atoms with Gasteiger partial charge in [0, 0.05) is 0 Å². The van der Waals surface area contributed by atoms with Crippen molar-refractivity contribution in [2.75, 3.05) is 13.2 Å². The van der Waals surface area contributed by atoms with Gasteiger partial charge in [0.15, 0.2) is 5.78 Å². The van der Waals surface area contributed by atoms with Crippen LogP contribution in [0.2, 0.25) is 0 Å². The predicted molar refractivity (Wildman–Crippen MR) is 93.2 cm³/mol. The van der Waals surface area contributed by atoms with Crippen LogP contribution in [-0.4, -0.2) is 30.2 Å². The Morgan fingerprint density at radius 2 is 1.73 bits per heavy atom. The van der Waals surface area contributed by atoms with E-state index in [2.05, 4.69) is 34.3 Å². The van der Waals surface area contributed by atoms with Gasteiger partial charge in [0.25, 0.3) is 0 Å². The summed E-state index contributed by atoms with van der Waals surface area (Å²) in [5, 5.41) is 0. The Morgan fingerprint density at radius 3 is 2.18 bits per heavy atom. The molecular weight excluding hydrogens is 276 g/mol. The lowest BCUT2D eigenvalue weighted by Gasteiger charge is -2.30. The van der Waals surface area contributed by atoms with Gasteiger partial charge in [-0.25, -0.2) is 0 Å². The monoisotopic (exact) mass is 312 g/mol. The first kappa shape index (κ1) is 21.3. The number of carbonyl (C=O) groups excluding carboxylic acids is 1. The third-order valence-corrected chi connectivity index (χ3v) is 4.09. The number of Topliss-reactive ketones (excluding diaryl/α,β-unsaturated/α-hetero) is 1. The average Bonchev–Trinajstić information content (AvgIpc) is 2.41. The van der Waals surface area contributed by atoms with Crippen LogP contribution in [0.1, 0.15) is 74.1 Å². The van der Waals surface area contributed by atoms with E-state index in [9.17, 15) is 4.79 Å². The summed E-state index contributed by atoms with van der Waals surface area (Å²) in [6.45, 7) is 18.9. The number of ether oxygens (including phenoxy) is 2. The molecule has 0 aliphatic rings. The quantitative estimate of drug-likeness (QED) is 0.479. The number of hydrogen-bond donors (Lipinski definition) is 0.